The van der Waals surface area contributed by atoms with Gasteiger partial charge >= 0.3 is 0 Å². The molecule has 158 valence electrons. The fourth-order valence-electron chi connectivity index (χ4n) is 2.92. The van der Waals surface area contributed by atoms with E-state index in [1.165, 1.54) is 17.9 Å². The summed E-state index contributed by atoms with van der Waals surface area (Å²) < 4.78 is 16.6. The van der Waals surface area contributed by atoms with Crippen molar-refractivity contribution in [1.82, 2.24) is 5.32 Å². The molecule has 0 aliphatic carbocycles. The molecule has 0 aliphatic rings. The topological polar surface area (TPSA) is 84.5 Å². The summed E-state index contributed by atoms with van der Waals surface area (Å²) in [6.45, 7) is 5.12. The number of carbonyl (C=O) groups excluding carboxylic acids is 1. The fraction of sp³-hybridized carbons (Fsp3) is 0.200. The summed E-state index contributed by atoms with van der Waals surface area (Å²) >= 11 is 0. The van der Waals surface area contributed by atoms with Crippen LogP contribution < -0.4 is 14.8 Å². The second kappa shape index (κ2) is 10.7. The van der Waals surface area contributed by atoms with Gasteiger partial charge < -0.3 is 19.2 Å². The molecule has 6 heteroatoms. The van der Waals surface area contributed by atoms with Crippen LogP contribution in [0.3, 0.4) is 0 Å². The van der Waals surface area contributed by atoms with Gasteiger partial charge in [0.05, 0.1) is 12.8 Å². The van der Waals surface area contributed by atoms with E-state index in [0.717, 1.165) is 16.9 Å². The SMILES string of the molecule is Cc1ccc(OCCOc2ccc(/C=C(\C#N)C(=O)NCc3ccco3)cc2)c(C)c1. The van der Waals surface area contributed by atoms with E-state index in [1.807, 2.05) is 32.0 Å². The lowest BCUT2D eigenvalue weighted by molar-refractivity contribution is -0.117. The van der Waals surface area contributed by atoms with Crippen molar-refractivity contribution >= 4 is 12.0 Å². The van der Waals surface area contributed by atoms with Crippen LogP contribution in [-0.2, 0) is 11.3 Å². The Hall–Kier alpha value is -3.98. The number of furan rings is 1. The highest BCUT2D eigenvalue weighted by atomic mass is 16.5. The van der Waals surface area contributed by atoms with Gasteiger partial charge in [-0.3, -0.25) is 4.79 Å². The minimum atomic E-state index is -0.456. The first-order chi connectivity index (χ1) is 15.0. The Bertz CT molecular complexity index is 1080. The predicted octanol–water partition coefficient (Wildman–Crippen LogP) is 4.58. The number of aryl methyl sites for hydroxylation is 2. The third-order valence-electron chi connectivity index (χ3n) is 4.50. The van der Waals surface area contributed by atoms with Crippen LogP contribution >= 0.6 is 0 Å². The highest BCUT2D eigenvalue weighted by Crippen LogP contribution is 2.19. The van der Waals surface area contributed by atoms with Crippen molar-refractivity contribution in [2.75, 3.05) is 13.2 Å². The Balaban J connectivity index is 1.49. The zero-order valence-corrected chi connectivity index (χ0v) is 17.6. The molecule has 0 fully saturated rings. The van der Waals surface area contributed by atoms with E-state index in [2.05, 4.69) is 11.4 Å². The number of benzene rings is 2. The Kier molecular flexibility index (Phi) is 7.50. The number of rotatable bonds is 9. The largest absolute Gasteiger partial charge is 0.490 e. The van der Waals surface area contributed by atoms with Crippen LogP contribution in [0.2, 0.25) is 0 Å². The number of nitrogens with zero attached hydrogens (tertiary/aromatic N) is 1. The molecule has 0 spiro atoms. The van der Waals surface area contributed by atoms with Crippen molar-refractivity contribution in [2.45, 2.75) is 20.4 Å². The lowest BCUT2D eigenvalue weighted by atomic mass is 10.1. The number of hydrogen-bond acceptors (Lipinski definition) is 5. The third-order valence-corrected chi connectivity index (χ3v) is 4.50. The average Bonchev–Trinajstić information content (AvgIpc) is 3.29. The standard InChI is InChI=1S/C25H24N2O4/c1-18-5-10-24(19(2)14-18)31-13-12-30-22-8-6-20(7-9-22)15-21(16-26)25(28)27-17-23-4-3-11-29-23/h3-11,14-15H,12-13,17H2,1-2H3,(H,27,28)/b21-15+. The van der Waals surface area contributed by atoms with Crippen LogP contribution in [-0.4, -0.2) is 19.1 Å². The zero-order valence-electron chi connectivity index (χ0n) is 17.6. The number of amides is 1. The smallest absolute Gasteiger partial charge is 0.262 e. The number of hydrogen-bond donors (Lipinski definition) is 1. The van der Waals surface area contributed by atoms with Crippen molar-refractivity contribution < 1.29 is 18.7 Å². The van der Waals surface area contributed by atoms with E-state index in [0.29, 0.717) is 24.7 Å². The van der Waals surface area contributed by atoms with Crippen LogP contribution in [0.25, 0.3) is 6.08 Å². The van der Waals surface area contributed by atoms with E-state index in [4.69, 9.17) is 13.9 Å². The molecular weight excluding hydrogens is 392 g/mol. The highest BCUT2D eigenvalue weighted by Gasteiger charge is 2.09. The Morgan fingerprint density at radius 1 is 1.10 bits per heavy atom. The van der Waals surface area contributed by atoms with E-state index >= 15 is 0 Å². The molecular formula is C25H24N2O4. The summed E-state index contributed by atoms with van der Waals surface area (Å²) in [7, 11) is 0. The molecule has 0 aliphatic heterocycles. The van der Waals surface area contributed by atoms with Gasteiger partial charge in [-0.15, -0.1) is 0 Å². The Labute approximate surface area is 181 Å². The molecule has 1 N–H and O–H groups in total. The summed E-state index contributed by atoms with van der Waals surface area (Å²) in [5.74, 6) is 1.70. The van der Waals surface area contributed by atoms with Gasteiger partial charge in [0.25, 0.3) is 5.91 Å². The van der Waals surface area contributed by atoms with Crippen molar-refractivity contribution in [1.29, 1.82) is 5.26 Å². The van der Waals surface area contributed by atoms with Gasteiger partial charge in [0, 0.05) is 0 Å². The van der Waals surface area contributed by atoms with E-state index in [1.54, 1.807) is 36.4 Å². The van der Waals surface area contributed by atoms with Gasteiger partial charge in [-0.05, 0) is 61.4 Å². The second-order valence-corrected chi connectivity index (χ2v) is 6.97. The molecule has 0 atom stereocenters. The summed E-state index contributed by atoms with van der Waals surface area (Å²) in [5.41, 5.74) is 3.04. The van der Waals surface area contributed by atoms with E-state index in [9.17, 15) is 10.1 Å². The molecule has 1 heterocycles. The highest BCUT2D eigenvalue weighted by molar-refractivity contribution is 6.01. The number of nitriles is 1. The normalized spacial score (nSPS) is 10.9. The summed E-state index contributed by atoms with van der Waals surface area (Å²) in [6, 6.07) is 18.6. The van der Waals surface area contributed by atoms with Gasteiger partial charge in [0.2, 0.25) is 0 Å². The van der Waals surface area contributed by atoms with E-state index < -0.39 is 5.91 Å². The molecule has 0 bridgehead atoms. The second-order valence-electron chi connectivity index (χ2n) is 6.97. The molecule has 0 unspecified atom stereocenters. The maximum absolute atomic E-state index is 12.2. The summed E-state index contributed by atoms with van der Waals surface area (Å²) in [5, 5.41) is 12.0. The lowest BCUT2D eigenvalue weighted by Gasteiger charge is -2.11. The van der Waals surface area contributed by atoms with Crippen molar-refractivity contribution in [2.24, 2.45) is 0 Å². The first kappa shape index (κ1) is 21.7. The van der Waals surface area contributed by atoms with Gasteiger partial charge in [-0.2, -0.15) is 5.26 Å². The Morgan fingerprint density at radius 2 is 1.87 bits per heavy atom. The fourth-order valence-corrected chi connectivity index (χ4v) is 2.92. The first-order valence-electron chi connectivity index (χ1n) is 9.90. The lowest BCUT2D eigenvalue weighted by Crippen LogP contribution is -2.23. The Morgan fingerprint density at radius 3 is 2.55 bits per heavy atom. The molecule has 1 aromatic heterocycles. The van der Waals surface area contributed by atoms with Gasteiger partial charge in [-0.25, -0.2) is 0 Å². The zero-order chi connectivity index (χ0) is 22.1. The minimum absolute atomic E-state index is 0.0158. The maximum atomic E-state index is 12.2. The molecule has 0 saturated carbocycles. The first-order valence-corrected chi connectivity index (χ1v) is 9.90. The van der Waals surface area contributed by atoms with E-state index in [-0.39, 0.29) is 12.1 Å². The van der Waals surface area contributed by atoms with Crippen molar-refractivity contribution in [3.63, 3.8) is 0 Å². The van der Waals surface area contributed by atoms with Crippen LogP contribution in [0, 0.1) is 25.2 Å². The maximum Gasteiger partial charge on any atom is 0.262 e. The number of nitrogens with one attached hydrogen (secondary N) is 1. The third kappa shape index (κ3) is 6.51. The summed E-state index contributed by atoms with van der Waals surface area (Å²) in [6.07, 6.45) is 3.06. The van der Waals surface area contributed by atoms with Gasteiger partial charge in [-0.1, -0.05) is 29.8 Å². The van der Waals surface area contributed by atoms with Gasteiger partial charge in [0.1, 0.15) is 42.1 Å². The molecule has 3 rings (SSSR count). The molecule has 31 heavy (non-hydrogen) atoms. The molecule has 6 nitrogen and oxygen atoms in total. The minimum Gasteiger partial charge on any atom is -0.490 e. The molecule has 0 radical (unpaired) electrons. The average molecular weight is 416 g/mol. The molecule has 1 amide bonds. The molecule has 0 saturated heterocycles. The molecule has 2 aromatic carbocycles. The molecule has 3 aromatic rings. The van der Waals surface area contributed by atoms with Crippen LogP contribution in [0.5, 0.6) is 11.5 Å². The number of carbonyl (C=O) groups is 1. The number of ether oxygens (including phenoxy) is 2. The van der Waals surface area contributed by atoms with Crippen molar-refractivity contribution in [3.8, 4) is 17.6 Å². The van der Waals surface area contributed by atoms with Gasteiger partial charge in [0.15, 0.2) is 0 Å². The summed E-state index contributed by atoms with van der Waals surface area (Å²) in [4.78, 5) is 12.2. The predicted molar refractivity (Wildman–Crippen MR) is 117 cm³/mol. The van der Waals surface area contributed by atoms with Crippen LogP contribution in [0.15, 0.2) is 70.9 Å². The quantitative estimate of drug-likeness (QED) is 0.314. The van der Waals surface area contributed by atoms with Crippen LogP contribution in [0.1, 0.15) is 22.5 Å². The van der Waals surface area contributed by atoms with Crippen LogP contribution in [0.4, 0.5) is 0 Å². The van der Waals surface area contributed by atoms with Crippen molar-refractivity contribution in [3.05, 3.63) is 88.9 Å². The monoisotopic (exact) mass is 416 g/mol.